The second kappa shape index (κ2) is 7.57. The van der Waals surface area contributed by atoms with E-state index >= 15 is 0 Å². The number of fused-ring (bicyclic) bond motifs is 6. The zero-order valence-electron chi connectivity index (χ0n) is 18.1. The van der Waals surface area contributed by atoms with Gasteiger partial charge in [-0.15, -0.1) is 0 Å². The molecule has 2 heterocycles. The minimum atomic E-state index is 0.281. The maximum atomic E-state index is 4.80. The lowest BCUT2D eigenvalue weighted by Gasteiger charge is -2.13. The lowest BCUT2D eigenvalue weighted by molar-refractivity contribution is 1.18. The molecule has 0 unspecified atom stereocenters. The monoisotopic (exact) mass is 483 g/mol. The maximum absolute atomic E-state index is 4.80. The van der Waals surface area contributed by atoms with E-state index in [1.165, 1.54) is 10.8 Å². The fourth-order valence-electron chi connectivity index (χ4n) is 5.19. The number of aromatic nitrogens is 3. The molecule has 2 aromatic heterocycles. The summed E-state index contributed by atoms with van der Waals surface area (Å²) in [6.07, 6.45) is 0. The number of hydrogen-bond acceptors (Lipinski definition) is 6. The molecular formula is C28H13N5S2. The number of thiocarbonyl (C=S) groups is 2. The quantitative estimate of drug-likeness (QED) is 0.190. The van der Waals surface area contributed by atoms with Gasteiger partial charge in [0.15, 0.2) is 0 Å². The van der Waals surface area contributed by atoms with Crippen molar-refractivity contribution in [1.29, 1.82) is 0 Å². The summed E-state index contributed by atoms with van der Waals surface area (Å²) in [5.74, 6) is 0.562. The Morgan fingerprint density at radius 3 is 1.74 bits per heavy atom. The fourth-order valence-corrected chi connectivity index (χ4v) is 5.37. The van der Waals surface area contributed by atoms with Crippen molar-refractivity contribution in [2.75, 3.05) is 0 Å². The van der Waals surface area contributed by atoms with Crippen molar-refractivity contribution in [3.63, 3.8) is 0 Å². The Morgan fingerprint density at radius 1 is 0.600 bits per heavy atom. The average molecular weight is 484 g/mol. The summed E-state index contributed by atoms with van der Waals surface area (Å²) in [5.41, 5.74) is 6.93. The van der Waals surface area contributed by atoms with Gasteiger partial charge in [-0.1, -0.05) is 54.6 Å². The Labute approximate surface area is 210 Å². The van der Waals surface area contributed by atoms with Crippen LogP contribution < -0.4 is 0 Å². The standard InChI is InChI=1S/C28H13N5S2/c34-14-29-27-28(30-15-35)32-26-20-12-13-23(18-8-5-9-19(24(18)20)25(26)31-27)33-21-10-3-1-6-16(21)17-7-2-4-11-22(17)33/h1-13H. The molecular weight excluding hydrogens is 470 g/mol. The first kappa shape index (κ1) is 20.0. The van der Waals surface area contributed by atoms with E-state index in [4.69, 9.17) is 34.4 Å². The van der Waals surface area contributed by atoms with Gasteiger partial charge in [-0.3, -0.25) is 0 Å². The zero-order chi connectivity index (χ0) is 23.5. The Kier molecular flexibility index (Phi) is 4.33. The molecule has 1 aliphatic rings. The van der Waals surface area contributed by atoms with Crippen LogP contribution in [0, 0.1) is 0 Å². The Hall–Kier alpha value is -4.38. The maximum Gasteiger partial charge on any atom is 0.209 e. The number of aliphatic imine (C=N–C) groups is 2. The first-order chi connectivity index (χ1) is 17.3. The lowest BCUT2D eigenvalue weighted by Crippen LogP contribution is -1.95. The van der Waals surface area contributed by atoms with Gasteiger partial charge in [0.05, 0.1) is 38.4 Å². The summed E-state index contributed by atoms with van der Waals surface area (Å²) < 4.78 is 2.33. The molecule has 1 aliphatic carbocycles. The van der Waals surface area contributed by atoms with Gasteiger partial charge >= 0.3 is 0 Å². The van der Waals surface area contributed by atoms with Crippen LogP contribution >= 0.6 is 24.4 Å². The Morgan fingerprint density at radius 2 is 1.14 bits per heavy atom. The summed E-state index contributed by atoms with van der Waals surface area (Å²) in [7, 11) is 0. The van der Waals surface area contributed by atoms with Gasteiger partial charge in [0.25, 0.3) is 0 Å². The van der Waals surface area contributed by atoms with Crippen molar-refractivity contribution >= 4 is 79.0 Å². The number of rotatable bonds is 3. The van der Waals surface area contributed by atoms with Gasteiger partial charge in [0.2, 0.25) is 11.6 Å². The van der Waals surface area contributed by atoms with Gasteiger partial charge < -0.3 is 4.57 Å². The summed E-state index contributed by atoms with van der Waals surface area (Å²) in [6.45, 7) is 0. The van der Waals surface area contributed by atoms with Crippen LogP contribution in [0.15, 0.2) is 88.8 Å². The van der Waals surface area contributed by atoms with Gasteiger partial charge in [0, 0.05) is 32.7 Å². The molecule has 0 aliphatic heterocycles. The van der Waals surface area contributed by atoms with E-state index in [2.05, 4.69) is 104 Å². The third-order valence-corrected chi connectivity index (χ3v) is 6.69. The summed E-state index contributed by atoms with van der Waals surface area (Å²) in [5, 5.41) is 9.39. The first-order valence-corrected chi connectivity index (χ1v) is 11.7. The Balaban J connectivity index is 1.59. The molecule has 5 nitrogen and oxygen atoms in total. The highest BCUT2D eigenvalue weighted by molar-refractivity contribution is 7.78. The molecule has 0 saturated carbocycles. The summed E-state index contributed by atoms with van der Waals surface area (Å²) in [6, 6.07) is 27.6. The number of isothiocyanates is 2. The highest BCUT2D eigenvalue weighted by Crippen LogP contribution is 2.49. The number of para-hydroxylation sites is 2. The van der Waals surface area contributed by atoms with Crippen molar-refractivity contribution in [2.45, 2.75) is 0 Å². The molecule has 0 fully saturated rings. The van der Waals surface area contributed by atoms with E-state index in [0.717, 1.165) is 50.0 Å². The minimum Gasteiger partial charge on any atom is -0.309 e. The van der Waals surface area contributed by atoms with Gasteiger partial charge in [-0.05, 0) is 48.7 Å². The number of benzene rings is 4. The highest BCUT2D eigenvalue weighted by atomic mass is 32.1. The van der Waals surface area contributed by atoms with Crippen LogP contribution in [-0.4, -0.2) is 24.9 Å². The molecule has 162 valence electrons. The van der Waals surface area contributed by atoms with E-state index in [1.807, 2.05) is 0 Å². The van der Waals surface area contributed by atoms with Gasteiger partial charge in [-0.2, -0.15) is 9.98 Å². The topological polar surface area (TPSA) is 55.4 Å². The van der Waals surface area contributed by atoms with Gasteiger partial charge in [0.1, 0.15) is 0 Å². The molecule has 0 spiro atoms. The van der Waals surface area contributed by atoms with Crippen LogP contribution in [0.1, 0.15) is 0 Å². The summed E-state index contributed by atoms with van der Waals surface area (Å²) >= 11 is 9.61. The minimum absolute atomic E-state index is 0.281. The third-order valence-electron chi connectivity index (χ3n) is 6.51. The van der Waals surface area contributed by atoms with E-state index in [1.54, 1.807) is 0 Å². The van der Waals surface area contributed by atoms with Crippen LogP contribution in [0.25, 0.3) is 60.8 Å². The third kappa shape index (κ3) is 2.75. The van der Waals surface area contributed by atoms with Crippen LogP contribution in [0.2, 0.25) is 0 Å². The van der Waals surface area contributed by atoms with Crippen LogP contribution in [0.4, 0.5) is 11.6 Å². The van der Waals surface area contributed by atoms with Gasteiger partial charge in [-0.25, -0.2) is 9.97 Å². The number of hydrogen-bond donors (Lipinski definition) is 0. The SMILES string of the molecule is S=C=Nc1nc2c(nc1N=C=S)-c1ccc(-n3c4ccccc4c4ccccc43)c3cccc-2c13. The second-order valence-corrected chi connectivity index (χ2v) is 8.57. The van der Waals surface area contributed by atoms with Crippen molar-refractivity contribution in [3.05, 3.63) is 78.9 Å². The molecule has 0 N–H and O–H groups in total. The van der Waals surface area contributed by atoms with Crippen LogP contribution in [0.3, 0.4) is 0 Å². The van der Waals surface area contributed by atoms with Crippen molar-refractivity contribution < 1.29 is 0 Å². The number of nitrogens with zero attached hydrogens (tertiary/aromatic N) is 5. The van der Waals surface area contributed by atoms with Crippen LogP contribution in [-0.2, 0) is 0 Å². The van der Waals surface area contributed by atoms with Crippen molar-refractivity contribution in [2.24, 2.45) is 9.98 Å². The van der Waals surface area contributed by atoms with Crippen LogP contribution in [0.5, 0.6) is 0 Å². The van der Waals surface area contributed by atoms with Crippen molar-refractivity contribution in [1.82, 2.24) is 14.5 Å². The molecule has 0 atom stereocenters. The van der Waals surface area contributed by atoms with Crippen molar-refractivity contribution in [3.8, 4) is 28.2 Å². The molecule has 0 saturated heterocycles. The molecule has 35 heavy (non-hydrogen) atoms. The molecule has 6 aromatic rings. The Bertz CT molecular complexity index is 1870. The first-order valence-electron chi connectivity index (χ1n) is 10.9. The lowest BCUT2D eigenvalue weighted by atomic mass is 10.0. The molecule has 7 rings (SSSR count). The molecule has 0 amide bonds. The normalized spacial score (nSPS) is 11.4. The molecule has 0 radical (unpaired) electrons. The smallest absolute Gasteiger partial charge is 0.209 e. The zero-order valence-corrected chi connectivity index (χ0v) is 19.7. The second-order valence-electron chi connectivity index (χ2n) is 8.20. The van der Waals surface area contributed by atoms with E-state index < -0.39 is 0 Å². The molecule has 7 heteroatoms. The highest BCUT2D eigenvalue weighted by Gasteiger charge is 2.28. The molecule has 4 aromatic carbocycles. The van der Waals surface area contributed by atoms with E-state index in [-0.39, 0.29) is 11.6 Å². The largest absolute Gasteiger partial charge is 0.309 e. The average Bonchev–Trinajstić information content (AvgIpc) is 3.39. The van der Waals surface area contributed by atoms with E-state index in [0.29, 0.717) is 0 Å². The molecule has 0 bridgehead atoms. The predicted octanol–water partition coefficient (Wildman–Crippen LogP) is 7.84. The summed E-state index contributed by atoms with van der Waals surface area (Å²) in [4.78, 5) is 17.6. The van der Waals surface area contributed by atoms with E-state index in [9.17, 15) is 0 Å². The predicted molar refractivity (Wildman–Crippen MR) is 148 cm³/mol. The fraction of sp³-hybridized carbons (Fsp3) is 0.